The predicted octanol–water partition coefficient (Wildman–Crippen LogP) is 22.6. The summed E-state index contributed by atoms with van der Waals surface area (Å²) in [6.07, 6.45) is 0. The Morgan fingerprint density at radius 1 is 0.232 bits per heavy atom. The smallest absolute Gasteiger partial charge is 0.136 e. The van der Waals surface area contributed by atoms with E-state index in [0.717, 1.165) is 99.5 Å². The summed E-state index contributed by atoms with van der Waals surface area (Å²) in [5.74, 6) is 0. The summed E-state index contributed by atoms with van der Waals surface area (Å²) in [6, 6.07) is 96.7. The molecule has 0 spiro atoms. The Morgan fingerprint density at radius 2 is 0.537 bits per heavy atom. The minimum atomic E-state index is 0.830. The zero-order valence-corrected chi connectivity index (χ0v) is 46.1. The Hall–Kier alpha value is -10.4. The third kappa shape index (κ3) is 8.47. The van der Waals surface area contributed by atoms with Gasteiger partial charge in [0.25, 0.3) is 0 Å². The molecule has 0 radical (unpaired) electrons. The van der Waals surface area contributed by atoms with Crippen molar-refractivity contribution in [2.45, 2.75) is 27.7 Å². The standard InChI is InChI=1S/C78H56N2O2/c1-49-25-29-59(53-17-9-5-10-18-53)43-69(49)79(70-44-60(30-26-50(70)2)54-19-11-6-12-20-54)65-35-33-57-41-67-75(47-63(57)39-65)81-73-37-38-74-78(77(67)73)68-42-58-34-36-66(40-64(58)48-76(68)82-74)80(71-45-61(31-27-51(71)3)55-21-13-7-14-22-55)72-46-62(32-28-52(72)4)56-23-15-8-16-24-56/h5-48H,1-4H3. The molecule has 4 nitrogen and oxygen atoms in total. The van der Waals surface area contributed by atoms with Gasteiger partial charge >= 0.3 is 0 Å². The van der Waals surface area contributed by atoms with Crippen LogP contribution in [0.25, 0.3) is 110 Å². The predicted molar refractivity (Wildman–Crippen MR) is 346 cm³/mol. The zero-order valence-electron chi connectivity index (χ0n) is 46.1. The van der Waals surface area contributed by atoms with Crippen LogP contribution in [-0.2, 0) is 0 Å². The molecule has 0 atom stereocenters. The lowest BCUT2D eigenvalue weighted by Gasteiger charge is -2.30. The van der Waals surface area contributed by atoms with E-state index in [-0.39, 0.29) is 0 Å². The van der Waals surface area contributed by atoms with Crippen molar-refractivity contribution in [1.82, 2.24) is 0 Å². The highest BCUT2D eigenvalue weighted by Gasteiger charge is 2.24. The summed E-state index contributed by atoms with van der Waals surface area (Å²) in [5, 5.41) is 8.69. The van der Waals surface area contributed by atoms with Gasteiger partial charge in [0.05, 0.1) is 0 Å². The van der Waals surface area contributed by atoms with Gasteiger partial charge in [-0.15, -0.1) is 0 Å². The molecule has 0 amide bonds. The van der Waals surface area contributed by atoms with Gasteiger partial charge in [0.2, 0.25) is 0 Å². The molecule has 2 heterocycles. The van der Waals surface area contributed by atoms with E-state index in [1.165, 1.54) is 66.8 Å². The number of furan rings is 2. The maximum absolute atomic E-state index is 6.87. The van der Waals surface area contributed by atoms with Gasteiger partial charge in [0.1, 0.15) is 22.3 Å². The Morgan fingerprint density at radius 3 is 0.841 bits per heavy atom. The lowest BCUT2D eigenvalue weighted by molar-refractivity contribution is 0.663. The van der Waals surface area contributed by atoms with Gasteiger partial charge in [0, 0.05) is 55.7 Å². The van der Waals surface area contributed by atoms with Gasteiger partial charge in [-0.25, -0.2) is 0 Å². The van der Waals surface area contributed by atoms with E-state index in [2.05, 4.69) is 304 Å². The van der Waals surface area contributed by atoms with Crippen LogP contribution in [0.5, 0.6) is 0 Å². The molecule has 0 aliphatic rings. The minimum Gasteiger partial charge on any atom is -0.456 e. The number of hydrogen-bond donors (Lipinski definition) is 0. The van der Waals surface area contributed by atoms with E-state index < -0.39 is 0 Å². The molecule has 0 fully saturated rings. The second-order valence-electron chi connectivity index (χ2n) is 21.9. The summed E-state index contributed by atoms with van der Waals surface area (Å²) < 4.78 is 13.7. The average molecular weight is 1050 g/mol. The van der Waals surface area contributed by atoms with Crippen molar-refractivity contribution in [3.63, 3.8) is 0 Å². The topological polar surface area (TPSA) is 32.8 Å². The van der Waals surface area contributed by atoms with Crippen molar-refractivity contribution >= 4 is 99.5 Å². The normalized spacial score (nSPS) is 11.7. The second kappa shape index (κ2) is 19.7. The van der Waals surface area contributed by atoms with Crippen molar-refractivity contribution in [2.75, 3.05) is 9.80 Å². The monoisotopic (exact) mass is 1050 g/mol. The van der Waals surface area contributed by atoms with Crippen molar-refractivity contribution in [1.29, 1.82) is 0 Å². The highest BCUT2D eigenvalue weighted by atomic mass is 16.3. The molecular formula is C78H56N2O2. The first-order chi connectivity index (χ1) is 40.3. The summed E-state index contributed by atoms with van der Waals surface area (Å²) in [4.78, 5) is 4.87. The van der Waals surface area contributed by atoms with Gasteiger partial charge in [-0.05, 0) is 201 Å². The lowest BCUT2D eigenvalue weighted by Crippen LogP contribution is -2.13. The molecule has 15 rings (SSSR count). The summed E-state index contributed by atoms with van der Waals surface area (Å²) >= 11 is 0. The molecule has 0 bridgehead atoms. The fraction of sp³-hybridized carbons (Fsp3) is 0.0513. The van der Waals surface area contributed by atoms with Gasteiger partial charge in [-0.1, -0.05) is 182 Å². The Bertz CT molecular complexity index is 4470. The first-order valence-corrected chi connectivity index (χ1v) is 28.2. The quantitative estimate of drug-likeness (QED) is 0.137. The molecular weight excluding hydrogens is 997 g/mol. The van der Waals surface area contributed by atoms with Gasteiger partial charge in [0.15, 0.2) is 0 Å². The molecule has 0 aliphatic carbocycles. The van der Waals surface area contributed by atoms with E-state index in [4.69, 9.17) is 8.83 Å². The Kier molecular flexibility index (Phi) is 11.7. The molecule has 13 aromatic carbocycles. The summed E-state index contributed by atoms with van der Waals surface area (Å²) in [6.45, 7) is 8.84. The number of rotatable bonds is 10. The third-order valence-electron chi connectivity index (χ3n) is 16.7. The third-order valence-corrected chi connectivity index (χ3v) is 16.7. The van der Waals surface area contributed by atoms with Crippen LogP contribution in [0.1, 0.15) is 22.3 Å². The number of aryl methyl sites for hydroxylation is 4. The molecule has 0 aliphatic heterocycles. The molecule has 0 N–H and O–H groups in total. The van der Waals surface area contributed by atoms with Gasteiger partial charge in [-0.3, -0.25) is 0 Å². The van der Waals surface area contributed by atoms with Crippen LogP contribution >= 0.6 is 0 Å². The molecule has 390 valence electrons. The van der Waals surface area contributed by atoms with Crippen LogP contribution in [0.15, 0.2) is 276 Å². The molecule has 0 saturated heterocycles. The summed E-state index contributed by atoms with van der Waals surface area (Å²) in [7, 11) is 0. The van der Waals surface area contributed by atoms with E-state index >= 15 is 0 Å². The molecule has 4 heteroatoms. The molecule has 82 heavy (non-hydrogen) atoms. The van der Waals surface area contributed by atoms with Crippen LogP contribution in [0, 0.1) is 27.7 Å². The zero-order chi connectivity index (χ0) is 55.0. The fourth-order valence-corrected chi connectivity index (χ4v) is 12.3. The number of nitrogens with zero attached hydrogens (tertiary/aromatic N) is 2. The van der Waals surface area contributed by atoms with Crippen molar-refractivity contribution in [2.24, 2.45) is 0 Å². The van der Waals surface area contributed by atoms with E-state index in [9.17, 15) is 0 Å². The van der Waals surface area contributed by atoms with Crippen LogP contribution in [-0.4, -0.2) is 0 Å². The van der Waals surface area contributed by atoms with E-state index in [0.29, 0.717) is 0 Å². The van der Waals surface area contributed by atoms with Crippen LogP contribution in [0.3, 0.4) is 0 Å². The Balaban J connectivity index is 0.860. The van der Waals surface area contributed by atoms with Crippen molar-refractivity contribution < 1.29 is 8.83 Å². The maximum Gasteiger partial charge on any atom is 0.136 e. The molecule has 0 saturated carbocycles. The molecule has 15 aromatic rings. The van der Waals surface area contributed by atoms with Crippen LogP contribution in [0.2, 0.25) is 0 Å². The SMILES string of the molecule is Cc1ccc(-c2ccccc2)cc1N(c1ccc2cc3c(cc2c1)oc1ccc2oc4cc5cc(N(c6cc(-c7ccccc7)ccc6C)c6cc(-c7ccccc7)ccc6C)ccc5cc4c2c13)c1cc(-c2ccccc2)ccc1C. The van der Waals surface area contributed by atoms with Crippen LogP contribution < -0.4 is 9.80 Å². The number of anilines is 6. The van der Waals surface area contributed by atoms with Gasteiger partial charge in [-0.2, -0.15) is 0 Å². The second-order valence-corrected chi connectivity index (χ2v) is 21.9. The average Bonchev–Trinajstić information content (AvgIpc) is 3.47. The number of fused-ring (bicyclic) bond motifs is 9. The highest BCUT2D eigenvalue weighted by molar-refractivity contribution is 6.28. The highest BCUT2D eigenvalue weighted by Crippen LogP contribution is 2.47. The first kappa shape index (κ1) is 48.7. The van der Waals surface area contributed by atoms with Crippen molar-refractivity contribution in [3.8, 4) is 44.5 Å². The lowest BCUT2D eigenvalue weighted by atomic mass is 9.98. The number of benzene rings is 13. The molecule has 0 unspecified atom stereocenters. The number of hydrogen-bond acceptors (Lipinski definition) is 4. The first-order valence-electron chi connectivity index (χ1n) is 28.2. The maximum atomic E-state index is 6.87. The van der Waals surface area contributed by atoms with Crippen molar-refractivity contribution in [3.05, 3.63) is 289 Å². The largest absolute Gasteiger partial charge is 0.456 e. The van der Waals surface area contributed by atoms with Gasteiger partial charge < -0.3 is 18.6 Å². The van der Waals surface area contributed by atoms with E-state index in [1.807, 2.05) is 0 Å². The Labute approximate surface area is 477 Å². The fourth-order valence-electron chi connectivity index (χ4n) is 12.3. The minimum absolute atomic E-state index is 0.830. The summed E-state index contributed by atoms with van der Waals surface area (Å²) in [5.41, 5.74) is 24.1. The van der Waals surface area contributed by atoms with Crippen LogP contribution in [0.4, 0.5) is 34.1 Å². The molecule has 2 aromatic heterocycles. The van der Waals surface area contributed by atoms with E-state index in [1.54, 1.807) is 0 Å².